The van der Waals surface area contributed by atoms with E-state index >= 15 is 0 Å². The van der Waals surface area contributed by atoms with Crippen LogP contribution < -0.4 is 5.32 Å². The van der Waals surface area contributed by atoms with Crippen molar-refractivity contribution in [2.75, 3.05) is 26.3 Å². The predicted octanol–water partition coefficient (Wildman–Crippen LogP) is 1.57. The third kappa shape index (κ3) is 3.58. The van der Waals surface area contributed by atoms with Gasteiger partial charge in [-0.15, -0.1) is 0 Å². The van der Waals surface area contributed by atoms with Gasteiger partial charge >= 0.3 is 0 Å². The van der Waals surface area contributed by atoms with Gasteiger partial charge in [-0.3, -0.25) is 10.1 Å². The van der Waals surface area contributed by atoms with Crippen molar-refractivity contribution in [2.24, 2.45) is 0 Å². The van der Waals surface area contributed by atoms with E-state index in [0.717, 1.165) is 12.2 Å². The monoisotopic (exact) mass is 266 g/mol. The van der Waals surface area contributed by atoms with Gasteiger partial charge in [-0.05, 0) is 25.5 Å². The molecule has 19 heavy (non-hydrogen) atoms. The maximum atomic E-state index is 12.3. The second-order valence-electron chi connectivity index (χ2n) is 4.80. The van der Waals surface area contributed by atoms with Crippen LogP contribution in [0.3, 0.4) is 0 Å². The SMILES string of the molecule is CCC(NC(C)C(=O)N1CCOCC1)c1ccco1. The summed E-state index contributed by atoms with van der Waals surface area (Å²) in [7, 11) is 0. The molecule has 1 saturated heterocycles. The minimum absolute atomic E-state index is 0.0787. The molecule has 1 N–H and O–H groups in total. The minimum atomic E-state index is -0.215. The van der Waals surface area contributed by atoms with Crippen molar-refractivity contribution < 1.29 is 13.9 Å². The lowest BCUT2D eigenvalue weighted by Crippen LogP contribution is -2.49. The van der Waals surface area contributed by atoms with Crippen molar-refractivity contribution >= 4 is 5.91 Å². The first-order valence-electron chi connectivity index (χ1n) is 6.88. The summed E-state index contributed by atoms with van der Waals surface area (Å²) in [6.07, 6.45) is 2.54. The van der Waals surface area contributed by atoms with Crippen LogP contribution in [0.2, 0.25) is 0 Å². The maximum Gasteiger partial charge on any atom is 0.239 e. The molecule has 1 aromatic rings. The fourth-order valence-corrected chi connectivity index (χ4v) is 2.32. The summed E-state index contributed by atoms with van der Waals surface area (Å²) in [6.45, 7) is 6.61. The van der Waals surface area contributed by atoms with Gasteiger partial charge in [0.25, 0.3) is 0 Å². The van der Waals surface area contributed by atoms with Gasteiger partial charge in [-0.2, -0.15) is 0 Å². The molecule has 1 aliphatic heterocycles. The summed E-state index contributed by atoms with van der Waals surface area (Å²) in [5.74, 6) is 1.01. The molecule has 106 valence electrons. The topological polar surface area (TPSA) is 54.7 Å². The molecule has 2 rings (SSSR count). The summed E-state index contributed by atoms with van der Waals surface area (Å²) < 4.78 is 10.7. The Kier molecular flexibility index (Phi) is 4.99. The molecule has 2 unspecified atom stereocenters. The number of hydrogen-bond acceptors (Lipinski definition) is 4. The number of carbonyl (C=O) groups excluding carboxylic acids is 1. The number of ether oxygens (including phenoxy) is 1. The molecule has 1 aromatic heterocycles. The highest BCUT2D eigenvalue weighted by molar-refractivity contribution is 5.81. The van der Waals surface area contributed by atoms with Gasteiger partial charge in [0.2, 0.25) is 5.91 Å². The van der Waals surface area contributed by atoms with E-state index in [1.165, 1.54) is 0 Å². The van der Waals surface area contributed by atoms with Crippen molar-refractivity contribution in [2.45, 2.75) is 32.4 Å². The molecule has 0 bridgehead atoms. The van der Waals surface area contributed by atoms with E-state index in [2.05, 4.69) is 12.2 Å². The van der Waals surface area contributed by atoms with Gasteiger partial charge in [0.15, 0.2) is 0 Å². The van der Waals surface area contributed by atoms with Crippen molar-refractivity contribution in [1.82, 2.24) is 10.2 Å². The number of hydrogen-bond donors (Lipinski definition) is 1. The summed E-state index contributed by atoms with van der Waals surface area (Å²) >= 11 is 0. The second-order valence-corrected chi connectivity index (χ2v) is 4.80. The Morgan fingerprint density at radius 1 is 1.47 bits per heavy atom. The van der Waals surface area contributed by atoms with Crippen molar-refractivity contribution in [3.8, 4) is 0 Å². The van der Waals surface area contributed by atoms with E-state index in [0.29, 0.717) is 26.3 Å². The molecule has 2 atom stereocenters. The molecule has 0 aromatic carbocycles. The zero-order valence-electron chi connectivity index (χ0n) is 11.6. The summed E-state index contributed by atoms with van der Waals surface area (Å²) in [6, 6.07) is 3.67. The number of furan rings is 1. The van der Waals surface area contributed by atoms with Crippen LogP contribution in [0.25, 0.3) is 0 Å². The standard InChI is InChI=1S/C14H22N2O3/c1-3-12(13-5-4-8-19-13)15-11(2)14(17)16-6-9-18-10-7-16/h4-5,8,11-12,15H,3,6-7,9-10H2,1-2H3. The first kappa shape index (κ1) is 14.1. The van der Waals surface area contributed by atoms with E-state index in [1.54, 1.807) is 6.26 Å². The molecule has 0 aliphatic carbocycles. The molecular formula is C14H22N2O3. The zero-order chi connectivity index (χ0) is 13.7. The van der Waals surface area contributed by atoms with Crippen LogP contribution in [0.5, 0.6) is 0 Å². The Bertz CT molecular complexity index is 385. The Morgan fingerprint density at radius 3 is 2.79 bits per heavy atom. The third-order valence-electron chi connectivity index (χ3n) is 3.44. The number of carbonyl (C=O) groups is 1. The summed E-state index contributed by atoms with van der Waals surface area (Å²) in [4.78, 5) is 14.2. The number of morpholine rings is 1. The van der Waals surface area contributed by atoms with Crippen LogP contribution >= 0.6 is 0 Å². The lowest BCUT2D eigenvalue weighted by atomic mass is 10.1. The molecule has 2 heterocycles. The van der Waals surface area contributed by atoms with Gasteiger partial charge < -0.3 is 14.1 Å². The lowest BCUT2D eigenvalue weighted by Gasteiger charge is -2.30. The Labute approximate surface area is 113 Å². The first-order chi connectivity index (χ1) is 9.22. The van der Waals surface area contributed by atoms with Gasteiger partial charge in [0.05, 0.1) is 31.6 Å². The maximum absolute atomic E-state index is 12.3. The highest BCUT2D eigenvalue weighted by Gasteiger charge is 2.25. The number of rotatable bonds is 5. The van der Waals surface area contributed by atoms with Crippen molar-refractivity contribution in [1.29, 1.82) is 0 Å². The van der Waals surface area contributed by atoms with E-state index in [-0.39, 0.29) is 18.0 Å². The van der Waals surface area contributed by atoms with Crippen LogP contribution in [0.4, 0.5) is 0 Å². The van der Waals surface area contributed by atoms with Crippen LogP contribution in [0, 0.1) is 0 Å². The molecule has 0 radical (unpaired) electrons. The minimum Gasteiger partial charge on any atom is -0.468 e. The largest absolute Gasteiger partial charge is 0.468 e. The fraction of sp³-hybridized carbons (Fsp3) is 0.643. The third-order valence-corrected chi connectivity index (χ3v) is 3.44. The van der Waals surface area contributed by atoms with Gasteiger partial charge in [0, 0.05) is 13.1 Å². The van der Waals surface area contributed by atoms with Gasteiger partial charge in [-0.1, -0.05) is 6.92 Å². The highest BCUT2D eigenvalue weighted by Crippen LogP contribution is 2.18. The van der Waals surface area contributed by atoms with Gasteiger partial charge in [0.1, 0.15) is 5.76 Å². The number of nitrogens with one attached hydrogen (secondary N) is 1. The van der Waals surface area contributed by atoms with Crippen molar-refractivity contribution in [3.63, 3.8) is 0 Å². The van der Waals surface area contributed by atoms with Crippen molar-refractivity contribution in [3.05, 3.63) is 24.2 Å². The molecule has 0 spiro atoms. The van der Waals surface area contributed by atoms with Crippen LogP contribution in [-0.4, -0.2) is 43.2 Å². The second kappa shape index (κ2) is 6.73. The lowest BCUT2D eigenvalue weighted by molar-refractivity contribution is -0.137. The smallest absolute Gasteiger partial charge is 0.239 e. The molecule has 1 amide bonds. The average Bonchev–Trinajstić information content (AvgIpc) is 2.98. The van der Waals surface area contributed by atoms with Crippen LogP contribution in [0.15, 0.2) is 22.8 Å². The zero-order valence-corrected chi connectivity index (χ0v) is 11.6. The molecule has 5 nitrogen and oxygen atoms in total. The van der Waals surface area contributed by atoms with Crippen LogP contribution in [0.1, 0.15) is 32.1 Å². The average molecular weight is 266 g/mol. The van der Waals surface area contributed by atoms with Gasteiger partial charge in [-0.25, -0.2) is 0 Å². The number of amides is 1. The molecule has 1 aliphatic rings. The quantitative estimate of drug-likeness (QED) is 0.879. The Morgan fingerprint density at radius 2 is 2.21 bits per heavy atom. The van der Waals surface area contributed by atoms with E-state index in [4.69, 9.17) is 9.15 Å². The van der Waals surface area contributed by atoms with E-state index in [1.807, 2.05) is 24.0 Å². The Hall–Kier alpha value is -1.33. The van der Waals surface area contributed by atoms with Crippen LogP contribution in [-0.2, 0) is 9.53 Å². The van der Waals surface area contributed by atoms with E-state index < -0.39 is 0 Å². The number of nitrogens with zero attached hydrogens (tertiary/aromatic N) is 1. The fourth-order valence-electron chi connectivity index (χ4n) is 2.32. The highest BCUT2D eigenvalue weighted by atomic mass is 16.5. The Balaban J connectivity index is 1.91. The first-order valence-corrected chi connectivity index (χ1v) is 6.88. The molecular weight excluding hydrogens is 244 g/mol. The summed E-state index contributed by atoms with van der Waals surface area (Å²) in [5.41, 5.74) is 0. The molecule has 0 saturated carbocycles. The van der Waals surface area contributed by atoms with E-state index in [9.17, 15) is 4.79 Å². The molecule has 1 fully saturated rings. The normalized spacial score (nSPS) is 19.2. The summed E-state index contributed by atoms with van der Waals surface area (Å²) in [5, 5.41) is 3.34. The molecule has 5 heteroatoms. The predicted molar refractivity (Wildman–Crippen MR) is 71.7 cm³/mol.